The van der Waals surface area contributed by atoms with Crippen molar-refractivity contribution >= 4 is 38.7 Å². The SMILES string of the molecule is CC(C)(O)C/C=C/c1ccc2cc(O)c(N3CC(=O)NS3(=O)=O)cc2c1. The Morgan fingerprint density at radius 3 is 2.58 bits per heavy atom. The summed E-state index contributed by atoms with van der Waals surface area (Å²) in [5.41, 5.74) is 0.126. The van der Waals surface area contributed by atoms with Crippen LogP contribution in [0.1, 0.15) is 25.8 Å². The van der Waals surface area contributed by atoms with Crippen molar-refractivity contribution in [3.8, 4) is 5.75 Å². The number of aliphatic hydroxyl groups is 1. The molecule has 0 spiro atoms. The maximum Gasteiger partial charge on any atom is 0.326 e. The minimum Gasteiger partial charge on any atom is -0.506 e. The quantitative estimate of drug-likeness (QED) is 0.756. The number of carbonyl (C=O) groups is 1. The van der Waals surface area contributed by atoms with Crippen LogP contribution in [0.5, 0.6) is 5.75 Å². The number of phenols is 1. The van der Waals surface area contributed by atoms with E-state index < -0.39 is 21.7 Å². The highest BCUT2D eigenvalue weighted by atomic mass is 32.2. The molecule has 0 atom stereocenters. The number of aromatic hydroxyl groups is 1. The third kappa shape index (κ3) is 3.81. The fraction of sp³-hybridized carbons (Fsp3) is 0.278. The van der Waals surface area contributed by atoms with Gasteiger partial charge in [0.2, 0.25) is 0 Å². The molecule has 0 aromatic heterocycles. The molecular formula is C18H20N2O5S. The average molecular weight is 376 g/mol. The molecule has 0 bridgehead atoms. The second-order valence-electron chi connectivity index (χ2n) is 6.90. The monoisotopic (exact) mass is 376 g/mol. The van der Waals surface area contributed by atoms with Gasteiger partial charge in [0.25, 0.3) is 5.91 Å². The Bertz CT molecular complexity index is 1010. The molecule has 2 aromatic rings. The molecule has 0 unspecified atom stereocenters. The third-order valence-electron chi connectivity index (χ3n) is 3.97. The Morgan fingerprint density at radius 2 is 1.96 bits per heavy atom. The molecule has 0 radical (unpaired) electrons. The topological polar surface area (TPSA) is 107 Å². The standard InChI is InChI=1S/C18H20N2O5S/c1-18(2,23)7-3-4-12-5-6-13-10-16(21)15(9-14(13)8-12)20-11-17(22)19-26(20,24)25/h3-6,8-10,21,23H,7,11H2,1-2H3,(H,19,22)/b4-3+. The summed E-state index contributed by atoms with van der Waals surface area (Å²) in [5, 5.41) is 21.4. The maximum absolute atomic E-state index is 12.0. The summed E-state index contributed by atoms with van der Waals surface area (Å²) in [4.78, 5) is 11.4. The van der Waals surface area contributed by atoms with Crippen LogP contribution in [0.3, 0.4) is 0 Å². The highest BCUT2D eigenvalue weighted by Gasteiger charge is 2.35. The van der Waals surface area contributed by atoms with Crippen LogP contribution in [0.15, 0.2) is 36.4 Å². The summed E-state index contributed by atoms with van der Waals surface area (Å²) in [6, 6.07) is 8.52. The van der Waals surface area contributed by atoms with Crippen molar-refractivity contribution in [2.75, 3.05) is 10.8 Å². The summed E-state index contributed by atoms with van der Waals surface area (Å²) < 4.78 is 26.8. The van der Waals surface area contributed by atoms with Crippen LogP contribution in [-0.4, -0.2) is 36.7 Å². The first-order chi connectivity index (χ1) is 12.0. The van der Waals surface area contributed by atoms with Gasteiger partial charge in [-0.3, -0.25) is 4.79 Å². The lowest BCUT2D eigenvalue weighted by atomic mass is 10.0. The minimum atomic E-state index is -3.99. The van der Waals surface area contributed by atoms with Crippen LogP contribution in [0.4, 0.5) is 5.69 Å². The minimum absolute atomic E-state index is 0.0495. The van der Waals surface area contributed by atoms with Crippen molar-refractivity contribution in [2.24, 2.45) is 0 Å². The van der Waals surface area contributed by atoms with Crippen LogP contribution in [-0.2, 0) is 15.0 Å². The number of hydrogen-bond acceptors (Lipinski definition) is 5. The number of nitrogens with zero attached hydrogens (tertiary/aromatic N) is 1. The molecule has 1 fully saturated rings. The van der Waals surface area contributed by atoms with E-state index in [-0.39, 0.29) is 18.0 Å². The van der Waals surface area contributed by atoms with E-state index in [4.69, 9.17) is 0 Å². The summed E-state index contributed by atoms with van der Waals surface area (Å²) >= 11 is 0. The van der Waals surface area contributed by atoms with E-state index in [0.717, 1.165) is 20.6 Å². The van der Waals surface area contributed by atoms with Gasteiger partial charge in [0.05, 0.1) is 11.3 Å². The Morgan fingerprint density at radius 1 is 1.23 bits per heavy atom. The summed E-state index contributed by atoms with van der Waals surface area (Å²) in [5.74, 6) is -0.865. The molecule has 3 rings (SSSR count). The number of nitrogens with one attached hydrogen (secondary N) is 1. The molecular weight excluding hydrogens is 356 g/mol. The molecule has 7 nitrogen and oxygen atoms in total. The molecule has 1 saturated heterocycles. The number of benzene rings is 2. The van der Waals surface area contributed by atoms with E-state index in [9.17, 15) is 23.4 Å². The van der Waals surface area contributed by atoms with Crippen LogP contribution in [0.2, 0.25) is 0 Å². The zero-order valence-corrected chi connectivity index (χ0v) is 15.2. The first kappa shape index (κ1) is 18.2. The highest BCUT2D eigenvalue weighted by molar-refractivity contribution is 7.92. The van der Waals surface area contributed by atoms with Gasteiger partial charge in [-0.1, -0.05) is 24.3 Å². The van der Waals surface area contributed by atoms with Gasteiger partial charge in [0.15, 0.2) is 0 Å². The second-order valence-corrected chi connectivity index (χ2v) is 8.50. The van der Waals surface area contributed by atoms with Gasteiger partial charge >= 0.3 is 10.2 Å². The number of phenolic OH excluding ortho intramolecular Hbond substituents is 1. The van der Waals surface area contributed by atoms with Gasteiger partial charge in [0, 0.05) is 0 Å². The Labute approximate surface area is 151 Å². The van der Waals surface area contributed by atoms with Crippen LogP contribution in [0, 0.1) is 0 Å². The number of anilines is 1. The van der Waals surface area contributed by atoms with Gasteiger partial charge in [-0.25, -0.2) is 9.03 Å². The summed E-state index contributed by atoms with van der Waals surface area (Å²) in [7, 11) is -3.99. The largest absolute Gasteiger partial charge is 0.506 e. The van der Waals surface area contributed by atoms with Gasteiger partial charge in [0.1, 0.15) is 12.3 Å². The number of fused-ring (bicyclic) bond motifs is 1. The zero-order valence-electron chi connectivity index (χ0n) is 14.4. The van der Waals surface area contributed by atoms with E-state index >= 15 is 0 Å². The Balaban J connectivity index is 1.99. The first-order valence-corrected chi connectivity index (χ1v) is 9.48. The van der Waals surface area contributed by atoms with Gasteiger partial charge < -0.3 is 10.2 Å². The predicted molar refractivity (Wildman–Crippen MR) is 100.0 cm³/mol. The van der Waals surface area contributed by atoms with Crippen LogP contribution in [0.25, 0.3) is 16.8 Å². The molecule has 3 N–H and O–H groups in total. The third-order valence-corrected chi connectivity index (χ3v) is 5.37. The maximum atomic E-state index is 12.0. The van der Waals surface area contributed by atoms with E-state index in [1.165, 1.54) is 12.1 Å². The molecule has 8 heteroatoms. The van der Waals surface area contributed by atoms with E-state index in [1.54, 1.807) is 13.8 Å². The number of rotatable bonds is 4. The van der Waals surface area contributed by atoms with Gasteiger partial charge in [-0.15, -0.1) is 0 Å². The zero-order chi connectivity index (χ0) is 19.1. The molecule has 138 valence electrons. The van der Waals surface area contributed by atoms with Crippen molar-refractivity contribution in [3.05, 3.63) is 42.0 Å². The Hall–Kier alpha value is -2.58. The summed E-state index contributed by atoms with van der Waals surface area (Å²) in [6.45, 7) is 3.07. The van der Waals surface area contributed by atoms with Crippen LogP contribution < -0.4 is 9.03 Å². The number of carbonyl (C=O) groups excluding carboxylic acids is 1. The molecule has 1 heterocycles. The fourth-order valence-electron chi connectivity index (χ4n) is 2.74. The number of hydrogen-bond donors (Lipinski definition) is 3. The summed E-state index contributed by atoms with van der Waals surface area (Å²) in [6.07, 6.45) is 4.21. The molecule has 0 saturated carbocycles. The fourth-order valence-corrected chi connectivity index (χ4v) is 3.90. The van der Waals surface area contributed by atoms with Crippen molar-refractivity contribution < 1.29 is 23.4 Å². The lowest BCUT2D eigenvalue weighted by Crippen LogP contribution is -2.29. The Kier molecular flexibility index (Phi) is 4.41. The van der Waals surface area contributed by atoms with Gasteiger partial charge in [-0.05, 0) is 54.8 Å². The van der Waals surface area contributed by atoms with Crippen molar-refractivity contribution in [1.29, 1.82) is 0 Å². The average Bonchev–Trinajstić information content (AvgIpc) is 2.78. The smallest absolute Gasteiger partial charge is 0.326 e. The number of amides is 1. The normalized spacial score (nSPS) is 17.2. The molecule has 2 aromatic carbocycles. The molecule has 0 aliphatic carbocycles. The molecule has 1 aliphatic rings. The first-order valence-electron chi connectivity index (χ1n) is 8.04. The molecule has 1 amide bonds. The van der Waals surface area contributed by atoms with Crippen molar-refractivity contribution in [2.45, 2.75) is 25.9 Å². The lowest BCUT2D eigenvalue weighted by Gasteiger charge is -2.17. The van der Waals surface area contributed by atoms with E-state index in [1.807, 2.05) is 35.1 Å². The van der Waals surface area contributed by atoms with E-state index in [0.29, 0.717) is 6.42 Å². The highest BCUT2D eigenvalue weighted by Crippen LogP contribution is 2.35. The van der Waals surface area contributed by atoms with Crippen LogP contribution >= 0.6 is 0 Å². The predicted octanol–water partition coefficient (Wildman–Crippen LogP) is 1.90. The second kappa shape index (κ2) is 6.30. The van der Waals surface area contributed by atoms with Gasteiger partial charge in [-0.2, -0.15) is 8.42 Å². The lowest BCUT2D eigenvalue weighted by molar-refractivity contribution is -0.117. The molecule has 26 heavy (non-hydrogen) atoms. The van der Waals surface area contributed by atoms with Crippen molar-refractivity contribution in [1.82, 2.24) is 4.72 Å². The van der Waals surface area contributed by atoms with Crippen molar-refractivity contribution in [3.63, 3.8) is 0 Å². The van der Waals surface area contributed by atoms with E-state index in [2.05, 4.69) is 0 Å². The molecule has 1 aliphatic heterocycles.